The van der Waals surface area contributed by atoms with Crippen LogP contribution < -0.4 is 4.74 Å². The Kier molecular flexibility index (Phi) is 5.13. The summed E-state index contributed by atoms with van der Waals surface area (Å²) in [6.07, 6.45) is 7.93. The predicted molar refractivity (Wildman–Crippen MR) is 80.6 cm³/mol. The van der Waals surface area contributed by atoms with E-state index in [0.717, 1.165) is 29.5 Å². The van der Waals surface area contributed by atoms with Crippen LogP contribution in [0.15, 0.2) is 34.3 Å². The molecule has 18 heavy (non-hydrogen) atoms. The highest BCUT2D eigenvalue weighted by Gasteiger charge is 2.11. The van der Waals surface area contributed by atoms with Gasteiger partial charge in [-0.05, 0) is 49.4 Å². The van der Waals surface area contributed by atoms with Crippen LogP contribution in [0.4, 0.5) is 0 Å². The van der Waals surface area contributed by atoms with Gasteiger partial charge in [-0.3, -0.25) is 0 Å². The zero-order chi connectivity index (χ0) is 13.0. The molecule has 0 heterocycles. The van der Waals surface area contributed by atoms with Crippen molar-refractivity contribution in [1.82, 2.24) is 0 Å². The van der Waals surface area contributed by atoms with Crippen LogP contribution in [0.2, 0.25) is 0 Å². The van der Waals surface area contributed by atoms with Gasteiger partial charge < -0.3 is 4.74 Å². The number of allylic oxidation sites excluding steroid dienone is 2. The van der Waals surface area contributed by atoms with E-state index in [-0.39, 0.29) is 5.38 Å². The smallest absolute Gasteiger partial charge is 0.119 e. The van der Waals surface area contributed by atoms with Crippen molar-refractivity contribution >= 4 is 27.5 Å². The van der Waals surface area contributed by atoms with Crippen molar-refractivity contribution in [3.63, 3.8) is 0 Å². The van der Waals surface area contributed by atoms with Gasteiger partial charge in [-0.2, -0.15) is 0 Å². The molecular formula is C15H18BrClO. The summed E-state index contributed by atoms with van der Waals surface area (Å²) in [6, 6.07) is 6.11. The molecule has 0 N–H and O–H groups in total. The molecule has 3 heteroatoms. The summed E-state index contributed by atoms with van der Waals surface area (Å²) < 4.78 is 6.42. The van der Waals surface area contributed by atoms with E-state index in [0.29, 0.717) is 0 Å². The van der Waals surface area contributed by atoms with Gasteiger partial charge in [0, 0.05) is 4.47 Å². The zero-order valence-electron chi connectivity index (χ0n) is 10.6. The van der Waals surface area contributed by atoms with Crippen molar-refractivity contribution < 1.29 is 4.74 Å². The number of benzene rings is 1. The molecule has 0 amide bonds. The molecule has 0 spiro atoms. The highest BCUT2D eigenvalue weighted by atomic mass is 79.9. The summed E-state index contributed by atoms with van der Waals surface area (Å²) in [7, 11) is 1.70. The molecule has 1 aromatic rings. The molecule has 1 nitrogen and oxygen atoms in total. The van der Waals surface area contributed by atoms with Gasteiger partial charge in [0.05, 0.1) is 12.5 Å². The summed E-state index contributed by atoms with van der Waals surface area (Å²) in [6.45, 7) is 0. The maximum absolute atomic E-state index is 6.27. The minimum Gasteiger partial charge on any atom is -0.497 e. The van der Waals surface area contributed by atoms with E-state index in [1.165, 1.54) is 24.0 Å². The molecule has 0 bridgehead atoms. The van der Waals surface area contributed by atoms with Gasteiger partial charge in [0.25, 0.3) is 0 Å². The largest absolute Gasteiger partial charge is 0.497 e. The number of ether oxygens (including phenoxy) is 1. The Hall–Kier alpha value is -0.470. The first-order valence-electron chi connectivity index (χ1n) is 6.35. The molecule has 1 unspecified atom stereocenters. The lowest BCUT2D eigenvalue weighted by atomic mass is 10.0. The Morgan fingerprint density at radius 1 is 1.39 bits per heavy atom. The first-order valence-corrected chi connectivity index (χ1v) is 7.58. The number of hydrogen-bond donors (Lipinski definition) is 0. The number of halogens is 2. The van der Waals surface area contributed by atoms with Crippen molar-refractivity contribution in [1.29, 1.82) is 0 Å². The Bertz CT molecular complexity index is 442. The number of methoxy groups -OCH3 is 1. The lowest BCUT2D eigenvalue weighted by molar-refractivity contribution is 0.414. The Morgan fingerprint density at radius 3 is 3.00 bits per heavy atom. The molecule has 1 aliphatic carbocycles. The second-order valence-corrected chi connectivity index (χ2v) is 6.14. The average Bonchev–Trinajstić information content (AvgIpc) is 2.56. The monoisotopic (exact) mass is 328 g/mol. The quantitative estimate of drug-likeness (QED) is 0.553. The molecule has 0 fully saturated rings. The highest BCUT2D eigenvalue weighted by molar-refractivity contribution is 9.10. The third-order valence-corrected chi connectivity index (χ3v) is 4.43. The minimum atomic E-state index is 0.201. The van der Waals surface area contributed by atoms with Crippen LogP contribution in [-0.2, 0) is 6.42 Å². The second-order valence-electron chi connectivity index (χ2n) is 4.72. The maximum Gasteiger partial charge on any atom is 0.119 e. The van der Waals surface area contributed by atoms with Crippen molar-refractivity contribution in [3.8, 4) is 5.75 Å². The molecule has 98 valence electrons. The molecule has 1 aromatic carbocycles. The summed E-state index contributed by atoms with van der Waals surface area (Å²) >= 11 is 9.87. The van der Waals surface area contributed by atoms with Crippen LogP contribution in [0.3, 0.4) is 0 Å². The molecule has 0 saturated carbocycles. The topological polar surface area (TPSA) is 9.23 Å². The Labute approximate surface area is 122 Å². The summed E-state index contributed by atoms with van der Waals surface area (Å²) in [4.78, 5) is 0. The van der Waals surface area contributed by atoms with Gasteiger partial charge in [-0.15, -0.1) is 11.6 Å². The number of alkyl halides is 1. The lowest BCUT2D eigenvalue weighted by Gasteiger charge is -2.10. The van der Waals surface area contributed by atoms with Crippen molar-refractivity contribution in [2.45, 2.75) is 37.5 Å². The predicted octanol–water partition coefficient (Wildman–Crippen LogP) is 5.11. The Balaban J connectivity index is 2.17. The van der Waals surface area contributed by atoms with Crippen LogP contribution >= 0.6 is 27.5 Å². The second kappa shape index (κ2) is 6.63. The molecular weight excluding hydrogens is 312 g/mol. The maximum atomic E-state index is 6.27. The SMILES string of the molecule is COc1ccc(Br)c(CC2=CC(Cl)CCCC2)c1. The Morgan fingerprint density at radius 2 is 2.22 bits per heavy atom. The molecule has 1 atom stereocenters. The van der Waals surface area contributed by atoms with E-state index >= 15 is 0 Å². The van der Waals surface area contributed by atoms with Gasteiger partial charge >= 0.3 is 0 Å². The lowest BCUT2D eigenvalue weighted by Crippen LogP contribution is -1.96. The van der Waals surface area contributed by atoms with Crippen LogP contribution in [0.5, 0.6) is 5.75 Å². The minimum absolute atomic E-state index is 0.201. The molecule has 2 rings (SSSR count). The number of rotatable bonds is 3. The van der Waals surface area contributed by atoms with E-state index in [2.05, 4.69) is 28.1 Å². The standard InChI is InChI=1S/C15H18BrClO/c1-18-14-6-7-15(16)12(10-14)8-11-4-2-3-5-13(17)9-11/h6-7,9-10,13H,2-5,8H2,1H3. The van der Waals surface area contributed by atoms with E-state index in [1.807, 2.05) is 12.1 Å². The summed E-state index contributed by atoms with van der Waals surface area (Å²) in [5, 5.41) is 0.201. The first kappa shape index (κ1) is 14.0. The fraction of sp³-hybridized carbons (Fsp3) is 0.467. The third kappa shape index (κ3) is 3.76. The fourth-order valence-corrected chi connectivity index (χ4v) is 3.04. The third-order valence-electron chi connectivity index (χ3n) is 3.31. The van der Waals surface area contributed by atoms with E-state index in [9.17, 15) is 0 Å². The van der Waals surface area contributed by atoms with Crippen molar-refractivity contribution in [2.24, 2.45) is 0 Å². The molecule has 0 aromatic heterocycles. The van der Waals surface area contributed by atoms with Gasteiger partial charge in [0.2, 0.25) is 0 Å². The fourth-order valence-electron chi connectivity index (χ4n) is 2.32. The van der Waals surface area contributed by atoms with Crippen molar-refractivity contribution in [2.75, 3.05) is 7.11 Å². The first-order chi connectivity index (χ1) is 8.69. The molecule has 0 aliphatic heterocycles. The van der Waals surface area contributed by atoms with Gasteiger partial charge in [-0.25, -0.2) is 0 Å². The van der Waals surface area contributed by atoms with Crippen LogP contribution in [0, 0.1) is 0 Å². The molecule has 1 aliphatic rings. The van der Waals surface area contributed by atoms with Crippen molar-refractivity contribution in [3.05, 3.63) is 39.9 Å². The highest BCUT2D eigenvalue weighted by Crippen LogP contribution is 2.28. The van der Waals surface area contributed by atoms with E-state index in [4.69, 9.17) is 16.3 Å². The molecule has 0 radical (unpaired) electrons. The van der Waals surface area contributed by atoms with Gasteiger partial charge in [-0.1, -0.05) is 34.0 Å². The van der Waals surface area contributed by atoms with Gasteiger partial charge in [0.1, 0.15) is 5.75 Å². The average molecular weight is 330 g/mol. The van der Waals surface area contributed by atoms with Gasteiger partial charge in [0.15, 0.2) is 0 Å². The van der Waals surface area contributed by atoms with E-state index in [1.54, 1.807) is 7.11 Å². The van der Waals surface area contributed by atoms with Crippen LogP contribution in [0.25, 0.3) is 0 Å². The summed E-state index contributed by atoms with van der Waals surface area (Å²) in [5.74, 6) is 0.907. The normalized spacial score (nSPS) is 20.2. The zero-order valence-corrected chi connectivity index (χ0v) is 12.9. The van der Waals surface area contributed by atoms with E-state index < -0.39 is 0 Å². The number of hydrogen-bond acceptors (Lipinski definition) is 1. The molecule has 0 saturated heterocycles. The van der Waals surface area contributed by atoms with Crippen LogP contribution in [-0.4, -0.2) is 12.5 Å². The summed E-state index contributed by atoms with van der Waals surface area (Å²) in [5.41, 5.74) is 2.72. The van der Waals surface area contributed by atoms with Crippen LogP contribution in [0.1, 0.15) is 31.2 Å².